The molecule has 2 saturated heterocycles. The van der Waals surface area contributed by atoms with E-state index < -0.39 is 0 Å². The van der Waals surface area contributed by atoms with Crippen LogP contribution in [-0.2, 0) is 4.79 Å². The van der Waals surface area contributed by atoms with E-state index in [2.05, 4.69) is 36.1 Å². The van der Waals surface area contributed by atoms with Gasteiger partial charge in [0.2, 0.25) is 11.9 Å². The van der Waals surface area contributed by atoms with E-state index in [4.69, 9.17) is 0 Å². The molecule has 2 amide bonds. The molecule has 158 valence electrons. The summed E-state index contributed by atoms with van der Waals surface area (Å²) in [5.74, 6) is 0.817. The summed E-state index contributed by atoms with van der Waals surface area (Å²) in [6.07, 6.45) is 6.86. The summed E-state index contributed by atoms with van der Waals surface area (Å²) in [5.41, 5.74) is 0.687. The SMILES string of the molecule is O=C(NC1CCCN(c2ncccn2)C1)C1CCN(C(=O)c2ccc(Br)cc2)CC1. The molecule has 2 aliphatic heterocycles. The van der Waals surface area contributed by atoms with Gasteiger partial charge in [0.1, 0.15) is 0 Å². The van der Waals surface area contributed by atoms with Gasteiger partial charge in [0.15, 0.2) is 0 Å². The van der Waals surface area contributed by atoms with E-state index in [1.54, 1.807) is 18.5 Å². The molecule has 2 aromatic rings. The Bertz CT molecular complexity index is 869. The molecular weight excluding hydrogens is 446 g/mol. The highest BCUT2D eigenvalue weighted by Gasteiger charge is 2.30. The molecular formula is C22H26BrN5O2. The molecule has 3 heterocycles. The zero-order valence-electron chi connectivity index (χ0n) is 16.8. The van der Waals surface area contributed by atoms with Crippen LogP contribution in [0.3, 0.4) is 0 Å². The molecule has 1 unspecified atom stereocenters. The Morgan fingerprint density at radius 3 is 2.40 bits per heavy atom. The Morgan fingerprint density at radius 2 is 1.70 bits per heavy atom. The summed E-state index contributed by atoms with van der Waals surface area (Å²) in [7, 11) is 0. The fraction of sp³-hybridized carbons (Fsp3) is 0.455. The number of nitrogens with one attached hydrogen (secondary N) is 1. The quantitative estimate of drug-likeness (QED) is 0.741. The van der Waals surface area contributed by atoms with Gasteiger partial charge in [-0.15, -0.1) is 0 Å². The van der Waals surface area contributed by atoms with Gasteiger partial charge in [-0.1, -0.05) is 15.9 Å². The third-order valence-corrected chi connectivity index (χ3v) is 6.38. The number of carbonyl (C=O) groups excluding carboxylic acids is 2. The van der Waals surface area contributed by atoms with Crippen LogP contribution in [0.25, 0.3) is 0 Å². The predicted molar refractivity (Wildman–Crippen MR) is 118 cm³/mol. The molecule has 0 spiro atoms. The first-order valence-corrected chi connectivity index (χ1v) is 11.3. The third kappa shape index (κ3) is 4.98. The van der Waals surface area contributed by atoms with E-state index in [1.807, 2.05) is 29.2 Å². The maximum atomic E-state index is 12.8. The molecule has 1 atom stereocenters. The molecule has 30 heavy (non-hydrogen) atoms. The topological polar surface area (TPSA) is 78.4 Å². The van der Waals surface area contributed by atoms with Crippen molar-refractivity contribution in [3.8, 4) is 0 Å². The lowest BCUT2D eigenvalue weighted by molar-refractivity contribution is -0.127. The molecule has 0 saturated carbocycles. The van der Waals surface area contributed by atoms with Crippen molar-refractivity contribution in [2.24, 2.45) is 5.92 Å². The molecule has 1 N–H and O–H groups in total. The second-order valence-electron chi connectivity index (χ2n) is 7.92. The van der Waals surface area contributed by atoms with Crippen LogP contribution in [0.2, 0.25) is 0 Å². The molecule has 1 aromatic carbocycles. The first-order chi connectivity index (χ1) is 14.6. The van der Waals surface area contributed by atoms with E-state index >= 15 is 0 Å². The second-order valence-corrected chi connectivity index (χ2v) is 8.83. The summed E-state index contributed by atoms with van der Waals surface area (Å²) < 4.78 is 0.953. The minimum absolute atomic E-state index is 0.0344. The highest BCUT2D eigenvalue weighted by Crippen LogP contribution is 2.22. The Labute approximate surface area is 185 Å². The number of nitrogens with zero attached hydrogens (tertiary/aromatic N) is 4. The van der Waals surface area contributed by atoms with Crippen molar-refractivity contribution in [1.82, 2.24) is 20.2 Å². The minimum atomic E-state index is -0.0395. The van der Waals surface area contributed by atoms with Crippen LogP contribution in [0.1, 0.15) is 36.0 Å². The van der Waals surface area contributed by atoms with Gasteiger partial charge in [-0.05, 0) is 56.0 Å². The number of amides is 2. The first kappa shape index (κ1) is 20.8. The fourth-order valence-corrected chi connectivity index (χ4v) is 4.43. The Morgan fingerprint density at radius 1 is 1.00 bits per heavy atom. The van der Waals surface area contributed by atoms with Gasteiger partial charge in [0.25, 0.3) is 5.91 Å². The lowest BCUT2D eigenvalue weighted by Gasteiger charge is -2.35. The standard InChI is InChI=1S/C22H26BrN5O2/c23-18-6-4-17(5-7-18)21(30)27-13-8-16(9-14-27)20(29)26-19-3-1-12-28(15-19)22-24-10-2-11-25-22/h2,4-7,10-11,16,19H,1,3,8-9,12-15H2,(H,26,29). The summed E-state index contributed by atoms with van der Waals surface area (Å²) in [4.78, 5) is 38.1. The van der Waals surface area contributed by atoms with Gasteiger partial charge in [0, 0.05) is 60.6 Å². The Kier molecular flexibility index (Phi) is 6.62. The third-order valence-electron chi connectivity index (χ3n) is 5.85. The maximum Gasteiger partial charge on any atom is 0.253 e. The lowest BCUT2D eigenvalue weighted by atomic mass is 9.94. The number of carbonyl (C=O) groups is 2. The molecule has 0 bridgehead atoms. The second kappa shape index (κ2) is 9.55. The molecule has 2 fully saturated rings. The summed E-state index contributed by atoms with van der Waals surface area (Å²) in [6.45, 7) is 2.87. The molecule has 8 heteroatoms. The van der Waals surface area contributed by atoms with Gasteiger partial charge in [-0.25, -0.2) is 9.97 Å². The molecule has 0 aliphatic carbocycles. The van der Waals surface area contributed by atoms with Gasteiger partial charge in [-0.3, -0.25) is 9.59 Å². The lowest BCUT2D eigenvalue weighted by Crippen LogP contribution is -2.51. The summed E-state index contributed by atoms with van der Waals surface area (Å²) in [6, 6.07) is 9.33. The van der Waals surface area contributed by atoms with Crippen molar-refractivity contribution in [1.29, 1.82) is 0 Å². The number of anilines is 1. The number of halogens is 1. The van der Waals surface area contributed by atoms with Crippen molar-refractivity contribution in [2.75, 3.05) is 31.1 Å². The van der Waals surface area contributed by atoms with Crippen LogP contribution in [0.4, 0.5) is 5.95 Å². The van der Waals surface area contributed by atoms with Crippen molar-refractivity contribution in [3.63, 3.8) is 0 Å². The summed E-state index contributed by atoms with van der Waals surface area (Å²) in [5, 5.41) is 3.23. The highest BCUT2D eigenvalue weighted by atomic mass is 79.9. The fourth-order valence-electron chi connectivity index (χ4n) is 4.17. The van der Waals surface area contributed by atoms with Crippen molar-refractivity contribution in [3.05, 3.63) is 52.8 Å². The smallest absolute Gasteiger partial charge is 0.253 e. The molecule has 1 aromatic heterocycles. The molecule has 7 nitrogen and oxygen atoms in total. The molecule has 4 rings (SSSR count). The Balaban J connectivity index is 1.27. The number of likely N-dealkylation sites (tertiary alicyclic amines) is 1. The number of hydrogen-bond donors (Lipinski definition) is 1. The van der Waals surface area contributed by atoms with Crippen molar-refractivity contribution < 1.29 is 9.59 Å². The molecule has 0 radical (unpaired) electrons. The van der Waals surface area contributed by atoms with E-state index in [1.165, 1.54) is 0 Å². The van der Waals surface area contributed by atoms with Gasteiger partial charge in [-0.2, -0.15) is 0 Å². The predicted octanol–water partition coefficient (Wildman–Crippen LogP) is 2.88. The number of benzene rings is 1. The van der Waals surface area contributed by atoms with Crippen LogP contribution >= 0.6 is 15.9 Å². The van der Waals surface area contributed by atoms with Crippen LogP contribution in [0.15, 0.2) is 47.2 Å². The van der Waals surface area contributed by atoms with E-state index in [0.29, 0.717) is 31.5 Å². The van der Waals surface area contributed by atoms with Crippen LogP contribution in [-0.4, -0.2) is 58.9 Å². The van der Waals surface area contributed by atoms with E-state index in [9.17, 15) is 9.59 Å². The zero-order chi connectivity index (χ0) is 20.9. The number of hydrogen-bond acceptors (Lipinski definition) is 5. The van der Waals surface area contributed by atoms with Crippen LogP contribution < -0.4 is 10.2 Å². The van der Waals surface area contributed by atoms with Crippen molar-refractivity contribution >= 4 is 33.7 Å². The average Bonchev–Trinajstić information content (AvgIpc) is 2.80. The summed E-state index contributed by atoms with van der Waals surface area (Å²) >= 11 is 3.39. The number of piperidine rings is 2. The van der Waals surface area contributed by atoms with Gasteiger partial charge in [0.05, 0.1) is 0 Å². The van der Waals surface area contributed by atoms with Crippen LogP contribution in [0, 0.1) is 5.92 Å². The highest BCUT2D eigenvalue weighted by molar-refractivity contribution is 9.10. The first-order valence-electron chi connectivity index (χ1n) is 10.5. The number of rotatable bonds is 4. The monoisotopic (exact) mass is 471 g/mol. The maximum absolute atomic E-state index is 12.8. The zero-order valence-corrected chi connectivity index (χ0v) is 18.4. The Hall–Kier alpha value is -2.48. The molecule has 2 aliphatic rings. The van der Waals surface area contributed by atoms with Gasteiger partial charge < -0.3 is 15.1 Å². The van der Waals surface area contributed by atoms with E-state index in [0.717, 1.165) is 36.4 Å². The van der Waals surface area contributed by atoms with Crippen molar-refractivity contribution in [2.45, 2.75) is 31.7 Å². The van der Waals surface area contributed by atoms with Crippen LogP contribution in [0.5, 0.6) is 0 Å². The van der Waals surface area contributed by atoms with Gasteiger partial charge >= 0.3 is 0 Å². The minimum Gasteiger partial charge on any atom is -0.351 e. The number of aromatic nitrogens is 2. The largest absolute Gasteiger partial charge is 0.351 e. The van der Waals surface area contributed by atoms with E-state index in [-0.39, 0.29) is 23.8 Å². The average molecular weight is 472 g/mol. The normalized spacial score (nSPS) is 20.1.